The van der Waals surface area contributed by atoms with Crippen LogP contribution in [0.1, 0.15) is 60.3 Å². The highest BCUT2D eigenvalue weighted by Crippen LogP contribution is 2.43. The van der Waals surface area contributed by atoms with Gasteiger partial charge < -0.3 is 5.32 Å². The molecule has 2 unspecified atom stereocenters. The minimum Gasteiger partial charge on any atom is -0.312 e. The molecule has 1 fully saturated rings. The Bertz CT molecular complexity index is 247. The third kappa shape index (κ3) is 5.25. The Morgan fingerprint density at radius 3 is 2.47 bits per heavy atom. The lowest BCUT2D eigenvalue weighted by atomic mass is 9.66. The maximum Gasteiger partial charge on any atom is 0.00966 e. The highest BCUT2D eigenvalue weighted by atomic mass is 14.9. The van der Waals surface area contributed by atoms with Crippen LogP contribution in [0.25, 0.3) is 0 Å². The fourth-order valence-corrected chi connectivity index (χ4v) is 2.99. The van der Waals surface area contributed by atoms with Gasteiger partial charge in [-0.2, -0.15) is 0 Å². The van der Waals surface area contributed by atoms with Crippen molar-refractivity contribution in [2.45, 2.75) is 65.8 Å². The quantitative estimate of drug-likeness (QED) is 0.715. The maximum absolute atomic E-state index is 3.93. The largest absolute Gasteiger partial charge is 0.312 e. The summed E-state index contributed by atoms with van der Waals surface area (Å²) < 4.78 is 0. The van der Waals surface area contributed by atoms with Gasteiger partial charge in [0.1, 0.15) is 0 Å². The molecule has 17 heavy (non-hydrogen) atoms. The summed E-state index contributed by atoms with van der Waals surface area (Å²) in [6.45, 7) is 16.7. The average Bonchev–Trinajstić information content (AvgIpc) is 2.14. The first kappa shape index (κ1) is 14.8. The molecule has 0 heterocycles. The van der Waals surface area contributed by atoms with Gasteiger partial charge in [0.05, 0.1) is 0 Å². The predicted molar refractivity (Wildman–Crippen MR) is 77.2 cm³/mol. The first-order valence-corrected chi connectivity index (χ1v) is 7.09. The Morgan fingerprint density at radius 2 is 1.94 bits per heavy atom. The van der Waals surface area contributed by atoms with Gasteiger partial charge in [-0.25, -0.2) is 0 Å². The van der Waals surface area contributed by atoms with Gasteiger partial charge in [0.15, 0.2) is 0 Å². The van der Waals surface area contributed by atoms with Gasteiger partial charge in [0.25, 0.3) is 0 Å². The van der Waals surface area contributed by atoms with Crippen molar-refractivity contribution in [1.82, 2.24) is 5.32 Å². The molecular formula is C16H31N. The molecule has 0 aromatic carbocycles. The molecule has 2 atom stereocenters. The lowest BCUT2D eigenvalue weighted by Crippen LogP contribution is -2.43. The smallest absolute Gasteiger partial charge is 0.00966 e. The van der Waals surface area contributed by atoms with Crippen LogP contribution in [0.4, 0.5) is 0 Å². The second-order valence-corrected chi connectivity index (χ2v) is 7.58. The summed E-state index contributed by atoms with van der Waals surface area (Å²) >= 11 is 0. The molecule has 1 aliphatic carbocycles. The van der Waals surface area contributed by atoms with Crippen LogP contribution in [-0.2, 0) is 0 Å². The lowest BCUT2D eigenvalue weighted by molar-refractivity contribution is 0.113. The van der Waals surface area contributed by atoms with Crippen LogP contribution in [0.15, 0.2) is 12.7 Å². The first-order chi connectivity index (χ1) is 7.73. The summed E-state index contributed by atoms with van der Waals surface area (Å²) in [6.07, 6.45) is 7.39. The van der Waals surface area contributed by atoms with Crippen molar-refractivity contribution in [3.63, 3.8) is 0 Å². The fraction of sp³-hybridized carbons (Fsp3) is 0.875. The Labute approximate surface area is 108 Å². The topological polar surface area (TPSA) is 12.0 Å². The Morgan fingerprint density at radius 1 is 1.29 bits per heavy atom. The molecule has 0 aliphatic heterocycles. The van der Waals surface area contributed by atoms with Crippen LogP contribution in [-0.4, -0.2) is 12.1 Å². The Balaban J connectivity index is 2.54. The third-order valence-corrected chi connectivity index (χ3v) is 4.04. The lowest BCUT2D eigenvalue weighted by Gasteiger charge is -2.41. The van der Waals surface area contributed by atoms with Crippen molar-refractivity contribution in [2.24, 2.45) is 17.3 Å². The summed E-state index contributed by atoms with van der Waals surface area (Å²) in [5.74, 6) is 1.66. The van der Waals surface area contributed by atoms with E-state index < -0.39 is 0 Å². The summed E-state index contributed by atoms with van der Waals surface area (Å²) in [5.41, 5.74) is 0.775. The van der Waals surface area contributed by atoms with E-state index in [1.807, 2.05) is 0 Å². The van der Waals surface area contributed by atoms with Crippen LogP contribution in [0.5, 0.6) is 0 Å². The molecule has 1 saturated carbocycles. The molecule has 1 heteroatoms. The molecule has 0 spiro atoms. The van der Waals surface area contributed by atoms with Gasteiger partial charge in [0.2, 0.25) is 0 Å². The van der Waals surface area contributed by atoms with Crippen LogP contribution < -0.4 is 5.32 Å². The second kappa shape index (κ2) is 5.56. The monoisotopic (exact) mass is 237 g/mol. The van der Waals surface area contributed by atoms with Crippen molar-refractivity contribution in [3.8, 4) is 0 Å². The molecule has 1 N–H and O–H groups in total. The van der Waals surface area contributed by atoms with Gasteiger partial charge in [-0.05, 0) is 70.3 Å². The number of hydrogen-bond donors (Lipinski definition) is 1. The zero-order valence-corrected chi connectivity index (χ0v) is 12.5. The minimum absolute atomic E-state index is 0.242. The number of rotatable bonds is 4. The van der Waals surface area contributed by atoms with E-state index >= 15 is 0 Å². The number of allylic oxidation sites excluding steroid dienone is 1. The van der Waals surface area contributed by atoms with Crippen molar-refractivity contribution in [1.29, 1.82) is 0 Å². The predicted octanol–water partition coefficient (Wildman–Crippen LogP) is 4.39. The van der Waals surface area contributed by atoms with Gasteiger partial charge in [-0.1, -0.05) is 19.9 Å². The SMILES string of the molecule is C=CCC1CC(C)(C)CCC1CNC(C)(C)C. The molecule has 0 aromatic heterocycles. The highest BCUT2D eigenvalue weighted by molar-refractivity contribution is 4.90. The molecule has 100 valence electrons. The van der Waals surface area contributed by atoms with Crippen molar-refractivity contribution in [3.05, 3.63) is 12.7 Å². The molecule has 1 aliphatic rings. The maximum atomic E-state index is 3.93. The van der Waals surface area contributed by atoms with E-state index in [0.29, 0.717) is 5.41 Å². The molecule has 0 radical (unpaired) electrons. The van der Waals surface area contributed by atoms with Crippen LogP contribution >= 0.6 is 0 Å². The Hall–Kier alpha value is -0.300. The van der Waals surface area contributed by atoms with Crippen molar-refractivity contribution < 1.29 is 0 Å². The summed E-state index contributed by atoms with van der Waals surface area (Å²) in [6, 6.07) is 0. The number of nitrogens with one attached hydrogen (secondary N) is 1. The van der Waals surface area contributed by atoms with Crippen LogP contribution in [0.3, 0.4) is 0 Å². The zero-order chi connectivity index (χ0) is 13.1. The van der Waals surface area contributed by atoms with Gasteiger partial charge in [-0.3, -0.25) is 0 Å². The molecule has 1 nitrogen and oxygen atoms in total. The summed E-state index contributed by atoms with van der Waals surface area (Å²) in [4.78, 5) is 0. The van der Waals surface area contributed by atoms with E-state index in [0.717, 1.165) is 18.4 Å². The van der Waals surface area contributed by atoms with E-state index in [2.05, 4.69) is 52.6 Å². The molecule has 0 bridgehead atoms. The molecular weight excluding hydrogens is 206 g/mol. The van der Waals surface area contributed by atoms with Gasteiger partial charge >= 0.3 is 0 Å². The van der Waals surface area contributed by atoms with E-state index in [1.165, 1.54) is 25.7 Å². The number of hydrogen-bond acceptors (Lipinski definition) is 1. The minimum atomic E-state index is 0.242. The van der Waals surface area contributed by atoms with Gasteiger partial charge in [-0.15, -0.1) is 6.58 Å². The molecule has 0 aromatic rings. The van der Waals surface area contributed by atoms with Crippen LogP contribution in [0.2, 0.25) is 0 Å². The third-order valence-electron chi connectivity index (χ3n) is 4.04. The second-order valence-electron chi connectivity index (χ2n) is 7.58. The van der Waals surface area contributed by atoms with Crippen molar-refractivity contribution >= 4 is 0 Å². The molecule has 0 saturated heterocycles. The van der Waals surface area contributed by atoms with E-state index in [9.17, 15) is 0 Å². The zero-order valence-electron chi connectivity index (χ0n) is 12.5. The highest BCUT2D eigenvalue weighted by Gasteiger charge is 2.34. The summed E-state index contributed by atoms with van der Waals surface area (Å²) in [7, 11) is 0. The molecule has 1 rings (SSSR count). The summed E-state index contributed by atoms with van der Waals surface area (Å²) in [5, 5.41) is 3.67. The first-order valence-electron chi connectivity index (χ1n) is 7.09. The van der Waals surface area contributed by atoms with Crippen molar-refractivity contribution in [2.75, 3.05) is 6.54 Å². The van der Waals surface area contributed by atoms with Gasteiger partial charge in [0, 0.05) is 5.54 Å². The van der Waals surface area contributed by atoms with E-state index in [4.69, 9.17) is 0 Å². The van der Waals surface area contributed by atoms with E-state index in [-0.39, 0.29) is 5.54 Å². The fourth-order valence-electron chi connectivity index (χ4n) is 2.99. The van der Waals surface area contributed by atoms with E-state index in [1.54, 1.807) is 0 Å². The average molecular weight is 237 g/mol. The Kier molecular flexibility index (Phi) is 4.83. The normalized spacial score (nSPS) is 29.0. The van der Waals surface area contributed by atoms with Crippen LogP contribution in [0, 0.1) is 17.3 Å². The standard InChI is InChI=1S/C16H31N/c1-7-8-13-11-16(5,6)10-9-14(13)12-17-15(2,3)4/h7,13-14,17H,1,8-12H2,2-6H3. The molecule has 0 amide bonds.